The third-order valence-corrected chi connectivity index (χ3v) is 1.99. The molecule has 1 atom stereocenters. The van der Waals surface area contributed by atoms with Crippen molar-refractivity contribution in [3.63, 3.8) is 0 Å². The zero-order chi connectivity index (χ0) is 10.3. The molecule has 0 aliphatic rings. The van der Waals surface area contributed by atoms with E-state index in [0.29, 0.717) is 12.3 Å². The van der Waals surface area contributed by atoms with Crippen molar-refractivity contribution >= 4 is 5.78 Å². The van der Waals surface area contributed by atoms with Crippen LogP contribution >= 0.6 is 0 Å². The number of ketones is 1. The second-order valence-corrected chi connectivity index (χ2v) is 3.84. The van der Waals surface area contributed by atoms with E-state index in [9.17, 15) is 4.79 Å². The standard InChI is InChI=1S/C12H20O/c1-5-12(13)9-11(4)8-6-7-10(2)3/h5,7,11H,1,6,8-9H2,2-4H3/t11-/m0/s1. The Morgan fingerprint density at radius 3 is 2.54 bits per heavy atom. The maximum absolute atomic E-state index is 11.0. The van der Waals surface area contributed by atoms with Crippen LogP contribution in [0.3, 0.4) is 0 Å². The van der Waals surface area contributed by atoms with E-state index in [1.165, 1.54) is 11.6 Å². The number of rotatable bonds is 6. The van der Waals surface area contributed by atoms with Crippen LogP contribution in [0.1, 0.15) is 40.0 Å². The van der Waals surface area contributed by atoms with Gasteiger partial charge in [0.05, 0.1) is 0 Å². The molecule has 0 N–H and O–H groups in total. The predicted molar refractivity (Wildman–Crippen MR) is 57.7 cm³/mol. The summed E-state index contributed by atoms with van der Waals surface area (Å²) >= 11 is 0. The van der Waals surface area contributed by atoms with Gasteiger partial charge in [-0.2, -0.15) is 0 Å². The van der Waals surface area contributed by atoms with E-state index in [0.717, 1.165) is 12.8 Å². The predicted octanol–water partition coefficient (Wildman–Crippen LogP) is 3.51. The van der Waals surface area contributed by atoms with Crippen molar-refractivity contribution in [2.24, 2.45) is 5.92 Å². The van der Waals surface area contributed by atoms with Crippen LogP contribution in [0.4, 0.5) is 0 Å². The summed E-state index contributed by atoms with van der Waals surface area (Å²) in [5.74, 6) is 0.630. The zero-order valence-electron chi connectivity index (χ0n) is 8.97. The third kappa shape index (κ3) is 7.51. The molecule has 0 unspecified atom stereocenters. The maximum atomic E-state index is 11.0. The molecule has 1 heteroatoms. The number of carbonyl (C=O) groups excluding carboxylic acids is 1. The van der Waals surface area contributed by atoms with Crippen LogP contribution in [0, 0.1) is 5.92 Å². The van der Waals surface area contributed by atoms with Crippen LogP contribution in [0.25, 0.3) is 0 Å². The average Bonchev–Trinajstić information content (AvgIpc) is 2.03. The molecule has 1 nitrogen and oxygen atoms in total. The van der Waals surface area contributed by atoms with Crippen molar-refractivity contribution in [2.45, 2.75) is 40.0 Å². The summed E-state index contributed by atoms with van der Waals surface area (Å²) in [4.78, 5) is 11.0. The molecule has 0 spiro atoms. The molecular weight excluding hydrogens is 160 g/mol. The molecule has 0 aromatic carbocycles. The van der Waals surface area contributed by atoms with E-state index in [1.54, 1.807) is 0 Å². The summed E-state index contributed by atoms with van der Waals surface area (Å²) in [6, 6.07) is 0. The first-order valence-electron chi connectivity index (χ1n) is 4.85. The number of hydrogen-bond donors (Lipinski definition) is 0. The van der Waals surface area contributed by atoms with Gasteiger partial charge in [-0.15, -0.1) is 0 Å². The second kappa shape index (κ2) is 6.64. The second-order valence-electron chi connectivity index (χ2n) is 3.84. The molecule has 0 saturated heterocycles. The van der Waals surface area contributed by atoms with E-state index in [1.807, 2.05) is 0 Å². The van der Waals surface area contributed by atoms with Gasteiger partial charge in [-0.05, 0) is 38.7 Å². The SMILES string of the molecule is C=CC(=O)C[C@@H](C)CCC=C(C)C. The van der Waals surface area contributed by atoms with Gasteiger partial charge in [0.2, 0.25) is 0 Å². The van der Waals surface area contributed by atoms with Gasteiger partial charge in [-0.1, -0.05) is 25.2 Å². The lowest BCUT2D eigenvalue weighted by molar-refractivity contribution is -0.115. The van der Waals surface area contributed by atoms with Crippen LogP contribution in [-0.2, 0) is 4.79 Å². The lowest BCUT2D eigenvalue weighted by atomic mass is 9.98. The van der Waals surface area contributed by atoms with Crippen molar-refractivity contribution in [1.82, 2.24) is 0 Å². The quantitative estimate of drug-likeness (QED) is 0.451. The van der Waals surface area contributed by atoms with Gasteiger partial charge in [0.25, 0.3) is 0 Å². The largest absolute Gasteiger partial charge is 0.295 e. The smallest absolute Gasteiger partial charge is 0.155 e. The molecule has 0 saturated carbocycles. The Bertz CT molecular complexity index is 197. The molecule has 0 rings (SSSR count). The highest BCUT2D eigenvalue weighted by Gasteiger charge is 2.04. The number of hydrogen-bond acceptors (Lipinski definition) is 1. The van der Waals surface area contributed by atoms with Crippen LogP contribution in [-0.4, -0.2) is 5.78 Å². The zero-order valence-corrected chi connectivity index (χ0v) is 8.97. The molecular formula is C12H20O. The van der Waals surface area contributed by atoms with E-state index in [2.05, 4.69) is 33.4 Å². The van der Waals surface area contributed by atoms with Gasteiger partial charge in [-0.3, -0.25) is 4.79 Å². The highest BCUT2D eigenvalue weighted by atomic mass is 16.1. The van der Waals surface area contributed by atoms with Crippen LogP contribution in [0.15, 0.2) is 24.3 Å². The molecule has 74 valence electrons. The first kappa shape index (κ1) is 12.2. The van der Waals surface area contributed by atoms with E-state index < -0.39 is 0 Å². The van der Waals surface area contributed by atoms with Gasteiger partial charge in [-0.25, -0.2) is 0 Å². The van der Waals surface area contributed by atoms with Gasteiger partial charge in [0.15, 0.2) is 5.78 Å². The third-order valence-electron chi connectivity index (χ3n) is 1.99. The summed E-state index contributed by atoms with van der Waals surface area (Å²) in [7, 11) is 0. The minimum Gasteiger partial charge on any atom is -0.295 e. The fourth-order valence-electron chi connectivity index (χ4n) is 1.19. The topological polar surface area (TPSA) is 17.1 Å². The summed E-state index contributed by atoms with van der Waals surface area (Å²) in [5, 5.41) is 0. The molecule has 0 bridgehead atoms. The average molecular weight is 180 g/mol. The fraction of sp³-hybridized carbons (Fsp3) is 0.583. The highest BCUT2D eigenvalue weighted by molar-refractivity contribution is 5.89. The summed E-state index contributed by atoms with van der Waals surface area (Å²) in [6.07, 6.45) is 6.44. The first-order valence-corrected chi connectivity index (χ1v) is 4.85. The Morgan fingerprint density at radius 1 is 1.46 bits per heavy atom. The first-order chi connectivity index (χ1) is 6.06. The lowest BCUT2D eigenvalue weighted by Gasteiger charge is -2.06. The fourth-order valence-corrected chi connectivity index (χ4v) is 1.19. The summed E-state index contributed by atoms with van der Waals surface area (Å²) in [6.45, 7) is 9.77. The van der Waals surface area contributed by atoms with Crippen LogP contribution in [0.5, 0.6) is 0 Å². The van der Waals surface area contributed by atoms with Crippen molar-refractivity contribution in [1.29, 1.82) is 0 Å². The van der Waals surface area contributed by atoms with E-state index in [-0.39, 0.29) is 5.78 Å². The molecule has 0 heterocycles. The van der Waals surface area contributed by atoms with Crippen molar-refractivity contribution in [3.8, 4) is 0 Å². The number of carbonyl (C=O) groups is 1. The van der Waals surface area contributed by atoms with Gasteiger partial charge in [0.1, 0.15) is 0 Å². The van der Waals surface area contributed by atoms with Crippen molar-refractivity contribution < 1.29 is 4.79 Å². The van der Waals surface area contributed by atoms with Gasteiger partial charge in [0, 0.05) is 6.42 Å². The molecule has 13 heavy (non-hydrogen) atoms. The Hall–Kier alpha value is -0.850. The molecule has 0 aliphatic heterocycles. The summed E-state index contributed by atoms with van der Waals surface area (Å²) < 4.78 is 0. The minimum absolute atomic E-state index is 0.157. The Kier molecular flexibility index (Phi) is 6.21. The normalized spacial score (nSPS) is 11.9. The summed E-state index contributed by atoms with van der Waals surface area (Å²) in [5.41, 5.74) is 1.35. The van der Waals surface area contributed by atoms with Gasteiger partial charge < -0.3 is 0 Å². The molecule has 0 aromatic rings. The van der Waals surface area contributed by atoms with E-state index in [4.69, 9.17) is 0 Å². The molecule has 0 amide bonds. The minimum atomic E-state index is 0.157. The molecule has 0 aromatic heterocycles. The Labute approximate surface area is 81.5 Å². The van der Waals surface area contributed by atoms with Crippen molar-refractivity contribution in [3.05, 3.63) is 24.3 Å². The maximum Gasteiger partial charge on any atom is 0.155 e. The van der Waals surface area contributed by atoms with Crippen LogP contribution < -0.4 is 0 Å². The molecule has 0 fully saturated rings. The van der Waals surface area contributed by atoms with E-state index >= 15 is 0 Å². The Balaban J connectivity index is 3.63. The molecule has 0 radical (unpaired) electrons. The monoisotopic (exact) mass is 180 g/mol. The lowest BCUT2D eigenvalue weighted by Crippen LogP contribution is -2.01. The highest BCUT2D eigenvalue weighted by Crippen LogP contribution is 2.12. The Morgan fingerprint density at radius 2 is 2.08 bits per heavy atom. The van der Waals surface area contributed by atoms with Crippen LogP contribution in [0.2, 0.25) is 0 Å². The van der Waals surface area contributed by atoms with Crippen molar-refractivity contribution in [2.75, 3.05) is 0 Å². The number of allylic oxidation sites excluding steroid dienone is 3. The van der Waals surface area contributed by atoms with Gasteiger partial charge >= 0.3 is 0 Å². The molecule has 0 aliphatic carbocycles.